The lowest BCUT2D eigenvalue weighted by Gasteiger charge is -2.09. The number of benzene rings is 2. The van der Waals surface area contributed by atoms with Gasteiger partial charge in [-0.15, -0.1) is 0 Å². The van der Waals surface area contributed by atoms with Crippen LogP contribution in [0.5, 0.6) is 0 Å². The van der Waals surface area contributed by atoms with Crippen LogP contribution in [0.2, 0.25) is 5.02 Å². The summed E-state index contributed by atoms with van der Waals surface area (Å²) in [6.45, 7) is 4.01. The molecule has 4 nitrogen and oxygen atoms in total. The van der Waals surface area contributed by atoms with Crippen LogP contribution >= 0.6 is 11.6 Å². The Morgan fingerprint density at radius 2 is 1.64 bits per heavy atom. The van der Waals surface area contributed by atoms with E-state index in [1.165, 1.54) is 0 Å². The highest BCUT2D eigenvalue weighted by Gasteiger charge is 2.07. The van der Waals surface area contributed by atoms with Crippen molar-refractivity contribution >= 4 is 34.7 Å². The van der Waals surface area contributed by atoms with Crippen molar-refractivity contribution in [1.29, 1.82) is 0 Å². The van der Waals surface area contributed by atoms with Gasteiger partial charge in [-0.05, 0) is 73.5 Å². The van der Waals surface area contributed by atoms with E-state index in [0.29, 0.717) is 22.1 Å². The fraction of sp³-hybridized carbons (Fsp3) is 0.100. The Hall–Kier alpha value is -2.85. The van der Waals surface area contributed by atoms with E-state index in [1.807, 2.05) is 68.4 Å². The number of pyridine rings is 1. The van der Waals surface area contributed by atoms with Gasteiger partial charge in [-0.3, -0.25) is 4.79 Å². The first-order valence-corrected chi connectivity index (χ1v) is 8.26. The van der Waals surface area contributed by atoms with Gasteiger partial charge in [0, 0.05) is 16.3 Å². The van der Waals surface area contributed by atoms with Gasteiger partial charge in [0.1, 0.15) is 5.82 Å². The summed E-state index contributed by atoms with van der Waals surface area (Å²) in [6.07, 6.45) is 1.62. The molecule has 126 valence electrons. The number of nitrogens with one attached hydrogen (secondary N) is 2. The Balaban J connectivity index is 1.66. The van der Waals surface area contributed by atoms with Crippen molar-refractivity contribution in [3.05, 3.63) is 82.5 Å². The molecule has 0 unspecified atom stereocenters. The maximum Gasteiger partial charge on any atom is 0.255 e. The van der Waals surface area contributed by atoms with Gasteiger partial charge in [0.05, 0.1) is 11.9 Å². The second-order valence-corrected chi connectivity index (χ2v) is 6.25. The predicted molar refractivity (Wildman–Crippen MR) is 103 cm³/mol. The van der Waals surface area contributed by atoms with E-state index in [2.05, 4.69) is 15.6 Å². The average Bonchev–Trinajstić information content (AvgIpc) is 2.61. The molecule has 25 heavy (non-hydrogen) atoms. The van der Waals surface area contributed by atoms with Crippen LogP contribution in [0.25, 0.3) is 0 Å². The lowest BCUT2D eigenvalue weighted by molar-refractivity contribution is 0.102. The van der Waals surface area contributed by atoms with E-state index in [0.717, 1.165) is 16.8 Å². The summed E-state index contributed by atoms with van der Waals surface area (Å²) in [4.78, 5) is 16.6. The molecule has 1 amide bonds. The zero-order chi connectivity index (χ0) is 17.8. The lowest BCUT2D eigenvalue weighted by Crippen LogP contribution is -2.12. The first-order valence-electron chi connectivity index (χ1n) is 7.88. The van der Waals surface area contributed by atoms with Crippen LogP contribution in [-0.2, 0) is 0 Å². The van der Waals surface area contributed by atoms with Gasteiger partial charge in [-0.25, -0.2) is 4.98 Å². The maximum atomic E-state index is 12.3. The molecular weight excluding hydrogens is 334 g/mol. The highest BCUT2D eigenvalue weighted by molar-refractivity contribution is 6.30. The Kier molecular flexibility index (Phi) is 5.00. The summed E-state index contributed by atoms with van der Waals surface area (Å²) >= 11 is 5.87. The topological polar surface area (TPSA) is 54.0 Å². The molecule has 0 atom stereocenters. The van der Waals surface area contributed by atoms with Gasteiger partial charge in [0.15, 0.2) is 0 Å². The number of hydrogen-bond donors (Lipinski definition) is 2. The van der Waals surface area contributed by atoms with E-state index in [4.69, 9.17) is 11.6 Å². The van der Waals surface area contributed by atoms with Crippen LogP contribution in [0.3, 0.4) is 0 Å². The summed E-state index contributed by atoms with van der Waals surface area (Å²) < 4.78 is 0. The third-order valence-corrected chi connectivity index (χ3v) is 4.16. The number of carbonyl (C=O) groups is 1. The fourth-order valence-electron chi connectivity index (χ4n) is 2.31. The number of anilines is 3. The van der Waals surface area contributed by atoms with Gasteiger partial charge >= 0.3 is 0 Å². The number of halogens is 1. The third kappa shape index (κ3) is 4.37. The molecule has 1 heterocycles. The Labute approximate surface area is 151 Å². The van der Waals surface area contributed by atoms with Crippen molar-refractivity contribution in [2.24, 2.45) is 0 Å². The van der Waals surface area contributed by atoms with E-state index in [-0.39, 0.29) is 5.91 Å². The summed E-state index contributed by atoms with van der Waals surface area (Å²) in [5.74, 6) is 0.537. The van der Waals surface area contributed by atoms with Crippen molar-refractivity contribution in [2.75, 3.05) is 10.6 Å². The quantitative estimate of drug-likeness (QED) is 0.666. The fourth-order valence-corrected chi connectivity index (χ4v) is 2.43. The first kappa shape index (κ1) is 17.0. The van der Waals surface area contributed by atoms with Crippen LogP contribution < -0.4 is 10.6 Å². The second kappa shape index (κ2) is 7.36. The molecule has 0 fully saturated rings. The zero-order valence-corrected chi connectivity index (χ0v) is 14.8. The van der Waals surface area contributed by atoms with E-state index in [1.54, 1.807) is 6.20 Å². The van der Waals surface area contributed by atoms with Crippen LogP contribution in [0.15, 0.2) is 60.8 Å². The smallest absolute Gasteiger partial charge is 0.255 e. The molecule has 0 radical (unpaired) electrons. The average molecular weight is 352 g/mol. The minimum atomic E-state index is -0.150. The zero-order valence-electron chi connectivity index (χ0n) is 14.0. The molecule has 0 aliphatic carbocycles. The Morgan fingerprint density at radius 3 is 2.28 bits per heavy atom. The Bertz CT molecular complexity index is 890. The molecule has 0 aliphatic heterocycles. The van der Waals surface area contributed by atoms with Gasteiger partial charge in [-0.1, -0.05) is 17.7 Å². The highest BCUT2D eigenvalue weighted by atomic mass is 35.5. The van der Waals surface area contributed by atoms with Crippen molar-refractivity contribution in [2.45, 2.75) is 13.8 Å². The number of carbonyl (C=O) groups excluding carboxylic acids is 1. The molecule has 2 N–H and O–H groups in total. The van der Waals surface area contributed by atoms with Crippen molar-refractivity contribution in [1.82, 2.24) is 4.98 Å². The number of amides is 1. The van der Waals surface area contributed by atoms with Crippen LogP contribution in [0, 0.1) is 13.8 Å². The lowest BCUT2D eigenvalue weighted by atomic mass is 10.1. The maximum absolute atomic E-state index is 12.3. The van der Waals surface area contributed by atoms with Gasteiger partial charge in [0.2, 0.25) is 0 Å². The van der Waals surface area contributed by atoms with Gasteiger partial charge in [0.25, 0.3) is 5.91 Å². The summed E-state index contributed by atoms with van der Waals surface area (Å²) in [5, 5.41) is 6.71. The van der Waals surface area contributed by atoms with Crippen molar-refractivity contribution in [3.8, 4) is 0 Å². The molecular formula is C20H18ClN3O. The number of nitrogens with zero attached hydrogens (tertiary/aromatic N) is 1. The Morgan fingerprint density at radius 1 is 0.920 bits per heavy atom. The number of aryl methyl sites for hydroxylation is 2. The summed E-state index contributed by atoms with van der Waals surface area (Å²) in [6, 6.07) is 16.6. The van der Waals surface area contributed by atoms with Crippen molar-refractivity contribution < 1.29 is 4.79 Å². The van der Waals surface area contributed by atoms with E-state index in [9.17, 15) is 4.79 Å². The SMILES string of the molecule is Cc1ccc(C(=O)Nc2ccc(Nc3ccc(Cl)cc3)nc2)cc1C. The van der Waals surface area contributed by atoms with Crippen molar-refractivity contribution in [3.63, 3.8) is 0 Å². The summed E-state index contributed by atoms with van der Waals surface area (Å²) in [7, 11) is 0. The highest BCUT2D eigenvalue weighted by Crippen LogP contribution is 2.19. The molecule has 2 aromatic carbocycles. The van der Waals surface area contributed by atoms with Crippen LogP contribution in [-0.4, -0.2) is 10.9 Å². The summed E-state index contributed by atoms with van der Waals surface area (Å²) in [5.41, 5.74) is 4.42. The third-order valence-electron chi connectivity index (χ3n) is 3.91. The molecule has 5 heteroatoms. The molecule has 3 aromatic rings. The minimum absolute atomic E-state index is 0.150. The van der Waals surface area contributed by atoms with E-state index < -0.39 is 0 Å². The molecule has 0 saturated heterocycles. The van der Waals surface area contributed by atoms with Crippen LogP contribution in [0.4, 0.5) is 17.2 Å². The molecule has 1 aromatic heterocycles. The molecule has 0 saturated carbocycles. The largest absolute Gasteiger partial charge is 0.340 e. The van der Waals surface area contributed by atoms with Gasteiger partial charge in [-0.2, -0.15) is 0 Å². The number of hydrogen-bond acceptors (Lipinski definition) is 3. The van der Waals surface area contributed by atoms with E-state index >= 15 is 0 Å². The number of rotatable bonds is 4. The monoisotopic (exact) mass is 351 g/mol. The minimum Gasteiger partial charge on any atom is -0.340 e. The molecule has 3 rings (SSSR count). The first-order chi connectivity index (χ1) is 12.0. The standard InChI is InChI=1S/C20H18ClN3O/c1-13-3-4-15(11-14(13)2)20(25)24-18-9-10-19(22-12-18)23-17-7-5-16(21)6-8-17/h3-12H,1-2H3,(H,22,23)(H,24,25). The number of aromatic nitrogens is 1. The normalized spacial score (nSPS) is 10.4. The molecule has 0 bridgehead atoms. The van der Waals surface area contributed by atoms with Gasteiger partial charge < -0.3 is 10.6 Å². The molecule has 0 aliphatic rings. The van der Waals surface area contributed by atoms with Crippen LogP contribution in [0.1, 0.15) is 21.5 Å². The molecule has 0 spiro atoms. The second-order valence-electron chi connectivity index (χ2n) is 5.82. The predicted octanol–water partition coefficient (Wildman–Crippen LogP) is 5.35.